The lowest BCUT2D eigenvalue weighted by atomic mass is 10.2. The van der Waals surface area contributed by atoms with E-state index in [1.807, 2.05) is 0 Å². The molecule has 0 aliphatic rings. The standard InChI is InChI=1S/C9H7NOS/c11-7-8-3-1-5-10-9(8)4-2-6-12/h1,3,5,7,12H,6H2. The van der Waals surface area contributed by atoms with Gasteiger partial charge in [0.05, 0.1) is 5.75 Å². The van der Waals surface area contributed by atoms with Crippen molar-refractivity contribution in [2.24, 2.45) is 0 Å². The monoisotopic (exact) mass is 177 g/mol. The van der Waals surface area contributed by atoms with Crippen LogP contribution in [0.5, 0.6) is 0 Å². The third kappa shape index (κ3) is 2.11. The minimum absolute atomic E-state index is 0.467. The number of aromatic nitrogens is 1. The molecule has 1 rings (SSSR count). The predicted molar refractivity (Wildman–Crippen MR) is 50.4 cm³/mol. The molecular weight excluding hydrogens is 170 g/mol. The number of thiol groups is 1. The Kier molecular flexibility index (Phi) is 3.36. The molecule has 3 heteroatoms. The number of hydrogen-bond acceptors (Lipinski definition) is 3. The van der Waals surface area contributed by atoms with Crippen LogP contribution in [0.2, 0.25) is 0 Å². The molecule has 0 N–H and O–H groups in total. The smallest absolute Gasteiger partial charge is 0.152 e. The molecule has 0 aromatic carbocycles. The topological polar surface area (TPSA) is 30.0 Å². The summed E-state index contributed by atoms with van der Waals surface area (Å²) >= 11 is 3.92. The highest BCUT2D eigenvalue weighted by Crippen LogP contribution is 1.99. The van der Waals surface area contributed by atoms with Gasteiger partial charge in [-0.3, -0.25) is 4.79 Å². The van der Waals surface area contributed by atoms with Crippen molar-refractivity contribution in [3.63, 3.8) is 0 Å². The van der Waals surface area contributed by atoms with E-state index in [-0.39, 0.29) is 0 Å². The summed E-state index contributed by atoms with van der Waals surface area (Å²) in [7, 11) is 0. The van der Waals surface area contributed by atoms with Crippen LogP contribution in [0.15, 0.2) is 18.3 Å². The molecule has 0 bridgehead atoms. The lowest BCUT2D eigenvalue weighted by Crippen LogP contribution is -1.90. The average molecular weight is 177 g/mol. The summed E-state index contributed by atoms with van der Waals surface area (Å²) < 4.78 is 0. The van der Waals surface area contributed by atoms with Crippen molar-refractivity contribution in [2.75, 3.05) is 5.75 Å². The molecule has 0 unspecified atom stereocenters. The number of carbonyl (C=O) groups excluding carboxylic acids is 1. The van der Waals surface area contributed by atoms with Gasteiger partial charge in [-0.05, 0) is 18.1 Å². The molecule has 0 radical (unpaired) electrons. The van der Waals surface area contributed by atoms with Crippen LogP contribution in [0.25, 0.3) is 0 Å². The minimum Gasteiger partial charge on any atom is -0.298 e. The van der Waals surface area contributed by atoms with Crippen molar-refractivity contribution in [3.05, 3.63) is 29.6 Å². The number of pyridine rings is 1. The summed E-state index contributed by atoms with van der Waals surface area (Å²) in [6, 6.07) is 3.39. The zero-order valence-electron chi connectivity index (χ0n) is 6.32. The molecule has 0 saturated carbocycles. The molecule has 12 heavy (non-hydrogen) atoms. The zero-order chi connectivity index (χ0) is 8.81. The van der Waals surface area contributed by atoms with Gasteiger partial charge in [0, 0.05) is 11.8 Å². The summed E-state index contributed by atoms with van der Waals surface area (Å²) in [6.07, 6.45) is 2.35. The van der Waals surface area contributed by atoms with Crippen molar-refractivity contribution in [3.8, 4) is 11.8 Å². The summed E-state index contributed by atoms with van der Waals surface area (Å²) in [6.45, 7) is 0. The molecule has 0 atom stereocenters. The Morgan fingerprint density at radius 3 is 3.17 bits per heavy atom. The van der Waals surface area contributed by atoms with E-state index in [1.54, 1.807) is 18.3 Å². The van der Waals surface area contributed by atoms with Crippen LogP contribution in [-0.4, -0.2) is 17.0 Å². The first-order valence-corrected chi connectivity index (χ1v) is 4.01. The van der Waals surface area contributed by atoms with Gasteiger partial charge in [-0.1, -0.05) is 5.92 Å². The zero-order valence-corrected chi connectivity index (χ0v) is 7.21. The number of rotatable bonds is 1. The SMILES string of the molecule is O=Cc1cccnc1C#CCS. The average Bonchev–Trinajstić information content (AvgIpc) is 2.15. The minimum atomic E-state index is 0.467. The van der Waals surface area contributed by atoms with Crippen LogP contribution >= 0.6 is 12.6 Å². The third-order valence-electron chi connectivity index (χ3n) is 1.25. The maximum absolute atomic E-state index is 10.5. The van der Waals surface area contributed by atoms with E-state index in [0.717, 1.165) is 6.29 Å². The van der Waals surface area contributed by atoms with Crippen molar-refractivity contribution >= 4 is 18.9 Å². The van der Waals surface area contributed by atoms with Gasteiger partial charge in [0.25, 0.3) is 0 Å². The highest BCUT2D eigenvalue weighted by atomic mass is 32.1. The molecule has 0 aliphatic carbocycles. The number of carbonyl (C=O) groups is 1. The van der Waals surface area contributed by atoms with E-state index in [2.05, 4.69) is 29.5 Å². The van der Waals surface area contributed by atoms with Crippen LogP contribution in [-0.2, 0) is 0 Å². The van der Waals surface area contributed by atoms with E-state index in [0.29, 0.717) is 17.0 Å². The summed E-state index contributed by atoms with van der Waals surface area (Å²) in [5, 5.41) is 0. The van der Waals surface area contributed by atoms with Gasteiger partial charge >= 0.3 is 0 Å². The second-order valence-corrected chi connectivity index (χ2v) is 2.34. The van der Waals surface area contributed by atoms with Crippen LogP contribution in [0.3, 0.4) is 0 Å². The van der Waals surface area contributed by atoms with E-state index in [1.165, 1.54) is 0 Å². The molecule has 0 fully saturated rings. The van der Waals surface area contributed by atoms with Crippen LogP contribution in [0.4, 0.5) is 0 Å². The first-order valence-electron chi connectivity index (χ1n) is 3.38. The van der Waals surface area contributed by atoms with Gasteiger partial charge in [-0.25, -0.2) is 4.98 Å². The molecule has 1 heterocycles. The first-order chi connectivity index (χ1) is 5.88. The van der Waals surface area contributed by atoms with Crippen molar-refractivity contribution in [2.45, 2.75) is 0 Å². The third-order valence-corrected chi connectivity index (χ3v) is 1.41. The number of hydrogen-bond donors (Lipinski definition) is 1. The van der Waals surface area contributed by atoms with E-state index in [4.69, 9.17) is 0 Å². The molecule has 2 nitrogen and oxygen atoms in total. The predicted octanol–water partition coefficient (Wildman–Crippen LogP) is 1.18. The molecule has 0 saturated heterocycles. The molecule has 0 amide bonds. The maximum atomic E-state index is 10.5. The quantitative estimate of drug-likeness (QED) is 0.396. The number of aldehydes is 1. The molecular formula is C9H7NOS. The van der Waals surface area contributed by atoms with Crippen molar-refractivity contribution in [1.29, 1.82) is 0 Å². The highest BCUT2D eigenvalue weighted by Gasteiger charge is 1.95. The summed E-state index contributed by atoms with van der Waals surface area (Å²) in [4.78, 5) is 14.4. The molecule has 0 aliphatic heterocycles. The van der Waals surface area contributed by atoms with E-state index in [9.17, 15) is 4.79 Å². The van der Waals surface area contributed by atoms with E-state index < -0.39 is 0 Å². The Morgan fingerprint density at radius 2 is 2.50 bits per heavy atom. The molecule has 0 spiro atoms. The van der Waals surface area contributed by atoms with Gasteiger partial charge in [0.2, 0.25) is 0 Å². The van der Waals surface area contributed by atoms with Gasteiger partial charge in [-0.2, -0.15) is 12.6 Å². The second-order valence-electron chi connectivity index (χ2n) is 2.02. The summed E-state index contributed by atoms with van der Waals surface area (Å²) in [5.41, 5.74) is 1.04. The normalized spacial score (nSPS) is 8.42. The van der Waals surface area contributed by atoms with Crippen molar-refractivity contribution in [1.82, 2.24) is 4.98 Å². The lowest BCUT2D eigenvalue weighted by Gasteiger charge is -1.91. The van der Waals surface area contributed by atoms with Gasteiger partial charge in [0.1, 0.15) is 5.69 Å². The lowest BCUT2D eigenvalue weighted by molar-refractivity contribution is 0.112. The van der Waals surface area contributed by atoms with Crippen molar-refractivity contribution < 1.29 is 4.79 Å². The Morgan fingerprint density at radius 1 is 1.67 bits per heavy atom. The van der Waals surface area contributed by atoms with Gasteiger partial charge in [0.15, 0.2) is 6.29 Å². The summed E-state index contributed by atoms with van der Waals surface area (Å²) in [5.74, 6) is 5.94. The fourth-order valence-corrected chi connectivity index (χ4v) is 0.820. The highest BCUT2D eigenvalue weighted by molar-refractivity contribution is 7.80. The number of nitrogens with zero attached hydrogens (tertiary/aromatic N) is 1. The fourth-order valence-electron chi connectivity index (χ4n) is 0.741. The Hall–Kier alpha value is -1.27. The van der Waals surface area contributed by atoms with Crippen LogP contribution in [0, 0.1) is 11.8 Å². The molecule has 1 aromatic rings. The van der Waals surface area contributed by atoms with Gasteiger partial charge in [-0.15, -0.1) is 0 Å². The Balaban J connectivity index is 3.05. The Labute approximate surface area is 76.4 Å². The first kappa shape index (κ1) is 8.82. The van der Waals surface area contributed by atoms with Crippen LogP contribution in [0.1, 0.15) is 16.1 Å². The second kappa shape index (κ2) is 4.58. The van der Waals surface area contributed by atoms with Gasteiger partial charge < -0.3 is 0 Å². The van der Waals surface area contributed by atoms with Crippen LogP contribution < -0.4 is 0 Å². The Bertz CT molecular complexity index is 338. The largest absolute Gasteiger partial charge is 0.298 e. The van der Waals surface area contributed by atoms with E-state index >= 15 is 0 Å². The molecule has 1 aromatic heterocycles. The molecule has 60 valence electrons. The maximum Gasteiger partial charge on any atom is 0.152 e. The fraction of sp³-hybridized carbons (Fsp3) is 0.111.